The van der Waals surface area contributed by atoms with E-state index in [1.165, 1.54) is 36.0 Å². The first-order chi connectivity index (χ1) is 13.3. The smallest absolute Gasteiger partial charge is 0.269 e. The Morgan fingerprint density at radius 2 is 1.64 bits per heavy atom. The number of nitro benzene ring substituents is 1. The van der Waals surface area contributed by atoms with Gasteiger partial charge in [0.15, 0.2) is 5.75 Å². The third kappa shape index (κ3) is 5.02. The first kappa shape index (κ1) is 20.6. The molecule has 0 atom stereocenters. The van der Waals surface area contributed by atoms with E-state index in [1.54, 1.807) is 18.2 Å². The zero-order valence-corrected chi connectivity index (χ0v) is 17.2. The van der Waals surface area contributed by atoms with Crippen molar-refractivity contribution < 1.29 is 10.0 Å². The molecule has 3 aromatic carbocycles. The molecule has 0 saturated heterocycles. The molecule has 0 spiro atoms. The number of hydrogen-bond donors (Lipinski definition) is 2. The summed E-state index contributed by atoms with van der Waals surface area (Å²) < 4.78 is 0. The average molecular weight is 456 g/mol. The molecule has 0 aromatic heterocycles. The number of benzene rings is 3. The van der Waals surface area contributed by atoms with Crippen LogP contribution in [-0.2, 0) is 6.54 Å². The molecule has 0 amide bonds. The number of anilines is 1. The van der Waals surface area contributed by atoms with Crippen LogP contribution in [0, 0.1) is 10.1 Å². The van der Waals surface area contributed by atoms with Gasteiger partial charge in [-0.25, -0.2) is 0 Å². The van der Waals surface area contributed by atoms with Gasteiger partial charge in [0.2, 0.25) is 0 Å². The van der Waals surface area contributed by atoms with Crippen LogP contribution in [0.4, 0.5) is 11.4 Å². The Morgan fingerprint density at radius 1 is 1.00 bits per heavy atom. The van der Waals surface area contributed by atoms with Gasteiger partial charge in [0.1, 0.15) is 0 Å². The van der Waals surface area contributed by atoms with Crippen LogP contribution in [0.3, 0.4) is 0 Å². The average Bonchev–Trinajstić information content (AvgIpc) is 2.66. The van der Waals surface area contributed by atoms with E-state index in [4.69, 9.17) is 34.8 Å². The lowest BCUT2D eigenvalue weighted by Crippen LogP contribution is -2.02. The van der Waals surface area contributed by atoms with Crippen molar-refractivity contribution in [1.82, 2.24) is 0 Å². The van der Waals surface area contributed by atoms with Crippen LogP contribution in [0.15, 0.2) is 64.4 Å². The van der Waals surface area contributed by atoms with Gasteiger partial charge in [-0.1, -0.05) is 46.6 Å². The lowest BCUT2D eigenvalue weighted by Gasteiger charge is -2.12. The quantitative estimate of drug-likeness (QED) is 0.237. The number of nitrogens with zero attached hydrogens (tertiary/aromatic N) is 1. The molecule has 0 aliphatic carbocycles. The van der Waals surface area contributed by atoms with E-state index in [2.05, 4.69) is 5.32 Å². The molecule has 3 rings (SSSR count). The molecule has 0 aliphatic heterocycles. The standard InChI is InChI=1S/C19H13Cl3N2O3S/c20-12-1-4-15(5-2-12)28-18-6-3-14(24(26)27)7-11(18)10-23-13-8-16(21)19(25)17(22)9-13/h1-9,23,25H,10H2. The molecule has 0 unspecified atom stereocenters. The summed E-state index contributed by atoms with van der Waals surface area (Å²) in [5.74, 6) is -0.191. The Morgan fingerprint density at radius 3 is 2.25 bits per heavy atom. The number of nitro groups is 1. The minimum Gasteiger partial charge on any atom is -0.505 e. The number of halogens is 3. The molecule has 0 bridgehead atoms. The molecular formula is C19H13Cl3N2O3S. The number of nitrogens with one attached hydrogen (secondary N) is 1. The van der Waals surface area contributed by atoms with Crippen molar-refractivity contribution in [1.29, 1.82) is 0 Å². The molecule has 9 heteroatoms. The lowest BCUT2D eigenvalue weighted by molar-refractivity contribution is -0.385. The van der Waals surface area contributed by atoms with Gasteiger partial charge >= 0.3 is 0 Å². The van der Waals surface area contributed by atoms with E-state index in [0.29, 0.717) is 17.3 Å². The summed E-state index contributed by atoms with van der Waals surface area (Å²) >= 11 is 19.3. The summed E-state index contributed by atoms with van der Waals surface area (Å²) in [7, 11) is 0. The van der Waals surface area contributed by atoms with Gasteiger partial charge in [0.05, 0.1) is 15.0 Å². The van der Waals surface area contributed by atoms with Crippen LogP contribution in [0.25, 0.3) is 0 Å². The summed E-state index contributed by atoms with van der Waals surface area (Å²) in [6.07, 6.45) is 0. The minimum absolute atomic E-state index is 0.000901. The monoisotopic (exact) mass is 454 g/mol. The molecule has 2 N–H and O–H groups in total. The molecule has 0 fully saturated rings. The van der Waals surface area contributed by atoms with Gasteiger partial charge in [0.25, 0.3) is 5.69 Å². The maximum absolute atomic E-state index is 11.2. The predicted molar refractivity (Wildman–Crippen MR) is 114 cm³/mol. The zero-order chi connectivity index (χ0) is 20.3. The second-order valence-electron chi connectivity index (χ2n) is 5.75. The van der Waals surface area contributed by atoms with Gasteiger partial charge in [-0.3, -0.25) is 10.1 Å². The Kier molecular flexibility index (Phi) is 6.57. The van der Waals surface area contributed by atoms with Crippen molar-refractivity contribution in [2.45, 2.75) is 16.3 Å². The van der Waals surface area contributed by atoms with Crippen LogP contribution >= 0.6 is 46.6 Å². The summed E-state index contributed by atoms with van der Waals surface area (Å²) in [4.78, 5) is 12.5. The van der Waals surface area contributed by atoms with E-state index in [1.807, 2.05) is 12.1 Å². The molecule has 0 radical (unpaired) electrons. The SMILES string of the molecule is O=[N+]([O-])c1ccc(Sc2ccc(Cl)cc2)c(CNc2cc(Cl)c(O)c(Cl)c2)c1. The van der Waals surface area contributed by atoms with Crippen LogP contribution in [0.1, 0.15) is 5.56 Å². The van der Waals surface area contributed by atoms with E-state index >= 15 is 0 Å². The summed E-state index contributed by atoms with van der Waals surface area (Å²) in [5, 5.41) is 24.8. The topological polar surface area (TPSA) is 75.4 Å². The zero-order valence-electron chi connectivity index (χ0n) is 14.2. The normalized spacial score (nSPS) is 10.7. The van der Waals surface area contributed by atoms with Gasteiger partial charge in [-0.15, -0.1) is 0 Å². The Bertz CT molecular complexity index is 1010. The van der Waals surface area contributed by atoms with Gasteiger partial charge in [-0.05, 0) is 48.0 Å². The third-order valence-corrected chi connectivity index (χ3v) is 5.75. The molecule has 0 heterocycles. The second-order valence-corrected chi connectivity index (χ2v) is 8.11. The molecular weight excluding hydrogens is 443 g/mol. The molecule has 28 heavy (non-hydrogen) atoms. The first-order valence-electron chi connectivity index (χ1n) is 7.96. The lowest BCUT2D eigenvalue weighted by atomic mass is 10.2. The van der Waals surface area contributed by atoms with E-state index < -0.39 is 4.92 Å². The highest BCUT2D eigenvalue weighted by Gasteiger charge is 2.13. The summed E-state index contributed by atoms with van der Waals surface area (Å²) in [6, 6.07) is 15.1. The Labute approximate surface area is 180 Å². The number of rotatable bonds is 6. The first-order valence-corrected chi connectivity index (χ1v) is 9.91. The maximum Gasteiger partial charge on any atom is 0.269 e. The van der Waals surface area contributed by atoms with Crippen molar-refractivity contribution in [2.24, 2.45) is 0 Å². The van der Waals surface area contributed by atoms with Gasteiger partial charge in [0, 0.05) is 39.2 Å². The van der Waals surface area contributed by atoms with Crippen molar-refractivity contribution in [2.75, 3.05) is 5.32 Å². The molecule has 144 valence electrons. The van der Waals surface area contributed by atoms with Crippen LogP contribution in [0.2, 0.25) is 15.1 Å². The Balaban J connectivity index is 1.87. The largest absolute Gasteiger partial charge is 0.505 e. The fourth-order valence-electron chi connectivity index (χ4n) is 2.41. The number of non-ortho nitro benzene ring substituents is 1. The Hall–Kier alpha value is -2.12. The summed E-state index contributed by atoms with van der Waals surface area (Å²) in [6.45, 7) is 0.301. The van der Waals surface area contributed by atoms with Crippen molar-refractivity contribution in [3.05, 3.63) is 85.3 Å². The highest BCUT2D eigenvalue weighted by molar-refractivity contribution is 7.99. The van der Waals surface area contributed by atoms with E-state index in [-0.39, 0.29) is 21.5 Å². The highest BCUT2D eigenvalue weighted by atomic mass is 35.5. The predicted octanol–water partition coefficient (Wildman–Crippen LogP) is 7.02. The van der Waals surface area contributed by atoms with Crippen LogP contribution in [-0.4, -0.2) is 10.0 Å². The molecule has 5 nitrogen and oxygen atoms in total. The summed E-state index contributed by atoms with van der Waals surface area (Å²) in [5.41, 5.74) is 1.32. The minimum atomic E-state index is -0.436. The third-order valence-electron chi connectivity index (χ3n) is 3.80. The second kappa shape index (κ2) is 8.92. The highest BCUT2D eigenvalue weighted by Crippen LogP contribution is 2.36. The van der Waals surface area contributed by atoms with Crippen molar-refractivity contribution >= 4 is 57.9 Å². The van der Waals surface area contributed by atoms with Crippen molar-refractivity contribution in [3.8, 4) is 5.75 Å². The van der Waals surface area contributed by atoms with E-state index in [0.717, 1.165) is 15.4 Å². The fraction of sp³-hybridized carbons (Fsp3) is 0.0526. The van der Waals surface area contributed by atoms with Crippen molar-refractivity contribution in [3.63, 3.8) is 0 Å². The maximum atomic E-state index is 11.2. The number of hydrogen-bond acceptors (Lipinski definition) is 5. The fourth-order valence-corrected chi connectivity index (χ4v) is 3.95. The number of aromatic hydroxyl groups is 1. The van der Waals surface area contributed by atoms with Crippen LogP contribution < -0.4 is 5.32 Å². The van der Waals surface area contributed by atoms with Gasteiger partial charge < -0.3 is 10.4 Å². The van der Waals surface area contributed by atoms with Crippen LogP contribution in [0.5, 0.6) is 5.75 Å². The molecule has 0 saturated carbocycles. The number of phenolic OH excluding ortho intramolecular Hbond substituents is 1. The molecule has 3 aromatic rings. The van der Waals surface area contributed by atoms with E-state index in [9.17, 15) is 15.2 Å². The number of phenols is 1. The van der Waals surface area contributed by atoms with Gasteiger partial charge in [-0.2, -0.15) is 0 Å². The molecule has 0 aliphatic rings.